The van der Waals surface area contributed by atoms with Gasteiger partial charge in [-0.25, -0.2) is 4.99 Å². The third-order valence-electron chi connectivity index (χ3n) is 3.16. The van der Waals surface area contributed by atoms with Gasteiger partial charge in [0, 0.05) is 18.2 Å². The molecule has 0 radical (unpaired) electrons. The van der Waals surface area contributed by atoms with Gasteiger partial charge in [-0.3, -0.25) is 0 Å². The van der Waals surface area contributed by atoms with Crippen molar-refractivity contribution in [3.8, 4) is 0 Å². The second-order valence-corrected chi connectivity index (χ2v) is 4.73. The molecule has 0 aliphatic heterocycles. The SMILES string of the molecule is COCc1cccc(C)c1N=C=C(C)c1ccccc1. The third kappa shape index (κ3) is 3.45. The quantitative estimate of drug-likeness (QED) is 0.743. The number of para-hydroxylation sites is 1. The van der Waals surface area contributed by atoms with Gasteiger partial charge in [0.25, 0.3) is 0 Å². The highest BCUT2D eigenvalue weighted by molar-refractivity contribution is 5.90. The van der Waals surface area contributed by atoms with Crippen LogP contribution in [0.5, 0.6) is 0 Å². The minimum atomic E-state index is 0.562. The highest BCUT2D eigenvalue weighted by Crippen LogP contribution is 2.24. The van der Waals surface area contributed by atoms with Gasteiger partial charge >= 0.3 is 0 Å². The second kappa shape index (κ2) is 6.85. The van der Waals surface area contributed by atoms with Crippen molar-refractivity contribution in [1.29, 1.82) is 0 Å². The van der Waals surface area contributed by atoms with Crippen molar-refractivity contribution in [3.05, 3.63) is 65.2 Å². The summed E-state index contributed by atoms with van der Waals surface area (Å²) < 4.78 is 5.22. The van der Waals surface area contributed by atoms with Crippen molar-refractivity contribution in [2.45, 2.75) is 20.5 Å². The number of hydrogen-bond donors (Lipinski definition) is 0. The Morgan fingerprint density at radius 1 is 1.10 bits per heavy atom. The molecule has 2 aromatic carbocycles. The van der Waals surface area contributed by atoms with Crippen LogP contribution in [0.4, 0.5) is 5.69 Å². The zero-order valence-corrected chi connectivity index (χ0v) is 12.2. The molecule has 2 aromatic rings. The van der Waals surface area contributed by atoms with E-state index in [1.165, 1.54) is 0 Å². The van der Waals surface area contributed by atoms with E-state index in [4.69, 9.17) is 4.74 Å². The summed E-state index contributed by atoms with van der Waals surface area (Å²) in [4.78, 5) is 4.53. The number of hydrogen-bond acceptors (Lipinski definition) is 2. The van der Waals surface area contributed by atoms with Crippen LogP contribution in [0.3, 0.4) is 0 Å². The summed E-state index contributed by atoms with van der Waals surface area (Å²) in [5.74, 6) is 3.14. The van der Waals surface area contributed by atoms with Crippen LogP contribution in [0.2, 0.25) is 0 Å². The number of rotatable bonds is 4. The highest BCUT2D eigenvalue weighted by atomic mass is 16.5. The fraction of sp³-hybridized carbons (Fsp3) is 0.222. The molecule has 0 aliphatic carbocycles. The van der Waals surface area contributed by atoms with E-state index in [-0.39, 0.29) is 0 Å². The molecule has 0 saturated heterocycles. The summed E-state index contributed by atoms with van der Waals surface area (Å²) in [7, 11) is 1.70. The molecule has 0 bridgehead atoms. The van der Waals surface area contributed by atoms with Crippen LogP contribution in [0.1, 0.15) is 23.6 Å². The minimum Gasteiger partial charge on any atom is -0.380 e. The number of nitrogens with zero attached hydrogens (tertiary/aromatic N) is 1. The van der Waals surface area contributed by atoms with Gasteiger partial charge in [0.2, 0.25) is 0 Å². The van der Waals surface area contributed by atoms with Crippen LogP contribution in [-0.2, 0) is 11.3 Å². The lowest BCUT2D eigenvalue weighted by molar-refractivity contribution is 0.185. The van der Waals surface area contributed by atoms with Crippen molar-refractivity contribution < 1.29 is 4.74 Å². The van der Waals surface area contributed by atoms with E-state index < -0.39 is 0 Å². The Bertz CT molecular complexity index is 638. The lowest BCUT2D eigenvalue weighted by Gasteiger charge is -2.06. The van der Waals surface area contributed by atoms with Crippen molar-refractivity contribution in [3.63, 3.8) is 0 Å². The normalized spacial score (nSPS) is 9.95. The molecule has 0 aliphatic rings. The third-order valence-corrected chi connectivity index (χ3v) is 3.16. The monoisotopic (exact) mass is 265 g/mol. The van der Waals surface area contributed by atoms with E-state index in [0.717, 1.165) is 28.0 Å². The van der Waals surface area contributed by atoms with Crippen LogP contribution in [-0.4, -0.2) is 13.0 Å². The van der Waals surface area contributed by atoms with Crippen LogP contribution in [0, 0.1) is 6.92 Å². The number of aryl methyl sites for hydroxylation is 1. The van der Waals surface area contributed by atoms with Crippen molar-refractivity contribution in [1.82, 2.24) is 0 Å². The molecule has 0 spiro atoms. The lowest BCUT2D eigenvalue weighted by Crippen LogP contribution is -1.90. The zero-order valence-electron chi connectivity index (χ0n) is 12.2. The smallest absolute Gasteiger partial charge is 0.0814 e. The maximum absolute atomic E-state index is 5.22. The Labute approximate surface area is 120 Å². The molecule has 102 valence electrons. The van der Waals surface area contributed by atoms with Crippen LogP contribution < -0.4 is 0 Å². The van der Waals surface area contributed by atoms with Gasteiger partial charge < -0.3 is 4.74 Å². The fourth-order valence-corrected chi connectivity index (χ4v) is 2.04. The molecule has 20 heavy (non-hydrogen) atoms. The Morgan fingerprint density at radius 2 is 1.85 bits per heavy atom. The number of allylic oxidation sites excluding steroid dienone is 1. The van der Waals surface area contributed by atoms with Gasteiger partial charge in [-0.1, -0.05) is 48.5 Å². The molecular weight excluding hydrogens is 246 g/mol. The van der Waals surface area contributed by atoms with Crippen LogP contribution in [0.15, 0.2) is 53.5 Å². The maximum Gasteiger partial charge on any atom is 0.0814 e. The van der Waals surface area contributed by atoms with E-state index in [1.54, 1.807) is 7.11 Å². The molecule has 0 unspecified atom stereocenters. The van der Waals surface area contributed by atoms with Gasteiger partial charge in [-0.15, -0.1) is 0 Å². The van der Waals surface area contributed by atoms with Crippen LogP contribution in [0.25, 0.3) is 5.57 Å². The summed E-state index contributed by atoms with van der Waals surface area (Å²) >= 11 is 0. The van der Waals surface area contributed by atoms with Crippen molar-refractivity contribution >= 4 is 17.1 Å². The number of methoxy groups -OCH3 is 1. The molecule has 0 amide bonds. The molecule has 2 heteroatoms. The number of ether oxygens (including phenoxy) is 1. The first-order chi connectivity index (χ1) is 9.72. The molecule has 0 atom stereocenters. The topological polar surface area (TPSA) is 21.6 Å². The molecule has 2 nitrogen and oxygen atoms in total. The standard InChI is InChI=1S/C18H19NO/c1-14-8-7-11-17(13-20-3)18(14)19-12-15(2)16-9-5-4-6-10-16/h4-11H,13H2,1-3H3. The van der Waals surface area contributed by atoms with Gasteiger partial charge in [-0.05, 0) is 30.8 Å². The molecule has 0 saturated carbocycles. The predicted octanol–water partition coefficient (Wildman–Crippen LogP) is 4.55. The first-order valence-electron chi connectivity index (χ1n) is 6.65. The Hall–Kier alpha value is -2.15. The van der Waals surface area contributed by atoms with E-state index in [9.17, 15) is 0 Å². The van der Waals surface area contributed by atoms with Gasteiger partial charge in [0.15, 0.2) is 0 Å². The average molecular weight is 265 g/mol. The van der Waals surface area contributed by atoms with Gasteiger partial charge in [0.1, 0.15) is 0 Å². The molecule has 0 N–H and O–H groups in total. The Morgan fingerprint density at radius 3 is 2.55 bits per heavy atom. The Balaban J connectivity index is 2.41. The van der Waals surface area contributed by atoms with E-state index >= 15 is 0 Å². The second-order valence-electron chi connectivity index (χ2n) is 4.73. The molecule has 0 fully saturated rings. The molecular formula is C18H19NO. The summed E-state index contributed by atoms with van der Waals surface area (Å²) in [6, 6.07) is 16.3. The first-order valence-corrected chi connectivity index (χ1v) is 6.65. The predicted molar refractivity (Wildman–Crippen MR) is 84.5 cm³/mol. The molecule has 0 heterocycles. The fourth-order valence-electron chi connectivity index (χ4n) is 2.04. The summed E-state index contributed by atoms with van der Waals surface area (Å²) in [6.45, 7) is 4.64. The van der Waals surface area contributed by atoms with Crippen molar-refractivity contribution in [2.24, 2.45) is 4.99 Å². The molecule has 2 rings (SSSR count). The summed E-state index contributed by atoms with van der Waals surface area (Å²) in [6.07, 6.45) is 0. The largest absolute Gasteiger partial charge is 0.380 e. The van der Waals surface area contributed by atoms with Gasteiger partial charge in [-0.2, -0.15) is 0 Å². The van der Waals surface area contributed by atoms with E-state index in [0.29, 0.717) is 6.61 Å². The zero-order chi connectivity index (χ0) is 14.4. The molecule has 0 aromatic heterocycles. The van der Waals surface area contributed by atoms with E-state index in [2.05, 4.69) is 36.0 Å². The van der Waals surface area contributed by atoms with Crippen LogP contribution >= 0.6 is 0 Å². The summed E-state index contributed by atoms with van der Waals surface area (Å²) in [5, 5.41) is 0. The van der Waals surface area contributed by atoms with Gasteiger partial charge in [0.05, 0.1) is 12.3 Å². The number of aliphatic imine (C=N–C) groups is 1. The van der Waals surface area contributed by atoms with Crippen molar-refractivity contribution in [2.75, 3.05) is 7.11 Å². The average Bonchev–Trinajstić information content (AvgIpc) is 2.47. The Kier molecular flexibility index (Phi) is 4.89. The minimum absolute atomic E-state index is 0.562. The van der Waals surface area contributed by atoms with E-state index in [1.807, 2.05) is 37.3 Å². The lowest BCUT2D eigenvalue weighted by atomic mass is 10.1. The first kappa shape index (κ1) is 14.3. The number of benzene rings is 2. The summed E-state index contributed by atoms with van der Waals surface area (Å²) in [5.41, 5.74) is 5.33. The highest BCUT2D eigenvalue weighted by Gasteiger charge is 2.03. The maximum atomic E-state index is 5.22.